The van der Waals surface area contributed by atoms with Crippen LogP contribution in [0, 0.1) is 13.8 Å². The van der Waals surface area contributed by atoms with E-state index >= 15 is 0 Å². The third-order valence-electron chi connectivity index (χ3n) is 2.23. The third-order valence-corrected chi connectivity index (χ3v) is 2.23. The number of ether oxygens (including phenoxy) is 1. The molecule has 1 heterocycles. The van der Waals surface area contributed by atoms with Gasteiger partial charge in [0.25, 0.3) is 0 Å². The quantitative estimate of drug-likeness (QED) is 0.644. The molecule has 1 aromatic heterocycles. The van der Waals surface area contributed by atoms with Gasteiger partial charge in [-0.1, -0.05) is 0 Å². The molecule has 0 fully saturated rings. The molecular formula is C11H20N2O3. The van der Waals surface area contributed by atoms with Crippen molar-refractivity contribution in [3.05, 3.63) is 17.3 Å². The molecule has 0 bridgehead atoms. The summed E-state index contributed by atoms with van der Waals surface area (Å²) in [5, 5.41) is 11.7. The predicted molar refractivity (Wildman–Crippen MR) is 60.2 cm³/mol. The van der Waals surface area contributed by atoms with Gasteiger partial charge >= 0.3 is 0 Å². The van der Waals surface area contributed by atoms with Crippen molar-refractivity contribution in [1.29, 1.82) is 0 Å². The zero-order valence-electron chi connectivity index (χ0n) is 9.95. The first-order chi connectivity index (χ1) is 7.74. The Morgan fingerprint density at radius 2 is 2.19 bits per heavy atom. The number of hydrogen-bond donors (Lipinski definition) is 2. The molecule has 1 aromatic rings. The van der Waals surface area contributed by atoms with Crippen molar-refractivity contribution in [1.82, 2.24) is 10.3 Å². The van der Waals surface area contributed by atoms with Crippen LogP contribution in [-0.2, 0) is 11.3 Å². The normalized spacial score (nSPS) is 10.9. The number of aryl methyl sites for hydroxylation is 2. The second-order valence-electron chi connectivity index (χ2n) is 3.62. The Bertz CT molecular complexity index is 280. The molecule has 5 heteroatoms. The average molecular weight is 228 g/mol. The number of nitrogens with one attached hydrogen (secondary N) is 1. The number of aliphatic hydroxyl groups is 1. The summed E-state index contributed by atoms with van der Waals surface area (Å²) in [5.41, 5.74) is 0.947. The zero-order chi connectivity index (χ0) is 11.8. The van der Waals surface area contributed by atoms with E-state index in [0.717, 1.165) is 30.3 Å². The van der Waals surface area contributed by atoms with Crippen LogP contribution in [0.1, 0.15) is 23.8 Å². The molecule has 0 aliphatic rings. The van der Waals surface area contributed by atoms with Crippen molar-refractivity contribution in [3.8, 4) is 0 Å². The van der Waals surface area contributed by atoms with Gasteiger partial charge in [-0.2, -0.15) is 0 Å². The Kier molecular flexibility index (Phi) is 6.07. The second-order valence-corrected chi connectivity index (χ2v) is 3.62. The lowest BCUT2D eigenvalue weighted by molar-refractivity contribution is 0.0906. The van der Waals surface area contributed by atoms with Gasteiger partial charge in [-0.3, -0.25) is 0 Å². The Labute approximate surface area is 95.8 Å². The molecule has 0 aliphatic carbocycles. The fraction of sp³-hybridized carbons (Fsp3) is 0.727. The number of nitrogens with zero attached hydrogens (tertiary/aromatic N) is 1. The maximum absolute atomic E-state index is 8.48. The van der Waals surface area contributed by atoms with Gasteiger partial charge in [-0.25, -0.2) is 4.98 Å². The maximum atomic E-state index is 8.48. The van der Waals surface area contributed by atoms with Crippen LogP contribution in [-0.4, -0.2) is 36.5 Å². The number of aliphatic hydroxyl groups excluding tert-OH is 1. The van der Waals surface area contributed by atoms with E-state index in [-0.39, 0.29) is 6.61 Å². The summed E-state index contributed by atoms with van der Waals surface area (Å²) in [4.78, 5) is 4.26. The first kappa shape index (κ1) is 13.2. The third kappa shape index (κ3) is 4.74. The van der Waals surface area contributed by atoms with E-state index in [0.29, 0.717) is 19.8 Å². The highest BCUT2D eigenvalue weighted by atomic mass is 16.5. The van der Waals surface area contributed by atoms with Gasteiger partial charge in [-0.05, 0) is 26.8 Å². The summed E-state index contributed by atoms with van der Waals surface area (Å²) >= 11 is 0. The van der Waals surface area contributed by atoms with Gasteiger partial charge in [0.1, 0.15) is 5.76 Å². The summed E-state index contributed by atoms with van der Waals surface area (Å²) in [5.74, 6) is 1.61. The maximum Gasteiger partial charge on any atom is 0.208 e. The fourth-order valence-electron chi connectivity index (χ4n) is 1.28. The number of oxazole rings is 1. The minimum atomic E-state index is 0.0856. The van der Waals surface area contributed by atoms with Crippen molar-refractivity contribution in [2.24, 2.45) is 0 Å². The monoisotopic (exact) mass is 228 g/mol. The molecule has 0 saturated heterocycles. The SMILES string of the molecule is Cc1nc(CNCCCOCCO)oc1C. The van der Waals surface area contributed by atoms with Gasteiger partial charge < -0.3 is 19.6 Å². The largest absolute Gasteiger partial charge is 0.444 e. The molecule has 0 amide bonds. The summed E-state index contributed by atoms with van der Waals surface area (Å²) < 4.78 is 10.6. The van der Waals surface area contributed by atoms with Gasteiger partial charge in [0.2, 0.25) is 5.89 Å². The van der Waals surface area contributed by atoms with Crippen molar-refractivity contribution in [2.75, 3.05) is 26.4 Å². The molecule has 5 nitrogen and oxygen atoms in total. The van der Waals surface area contributed by atoms with Crippen LogP contribution in [0.3, 0.4) is 0 Å². The minimum absolute atomic E-state index is 0.0856. The first-order valence-corrected chi connectivity index (χ1v) is 5.56. The standard InChI is InChI=1S/C11H20N2O3/c1-9-10(2)16-11(13-9)8-12-4-3-6-15-7-5-14/h12,14H,3-8H2,1-2H3. The van der Waals surface area contributed by atoms with E-state index in [1.54, 1.807) is 0 Å². The summed E-state index contributed by atoms with van der Waals surface area (Å²) in [7, 11) is 0. The fourth-order valence-corrected chi connectivity index (χ4v) is 1.28. The van der Waals surface area contributed by atoms with Crippen LogP contribution in [0.4, 0.5) is 0 Å². The Morgan fingerprint density at radius 1 is 1.38 bits per heavy atom. The highest BCUT2D eigenvalue weighted by Gasteiger charge is 2.03. The molecule has 0 unspecified atom stereocenters. The Balaban J connectivity index is 2.03. The van der Waals surface area contributed by atoms with Crippen molar-refractivity contribution in [2.45, 2.75) is 26.8 Å². The smallest absolute Gasteiger partial charge is 0.208 e. The van der Waals surface area contributed by atoms with E-state index in [2.05, 4.69) is 10.3 Å². The average Bonchev–Trinajstić information content (AvgIpc) is 2.57. The van der Waals surface area contributed by atoms with Crippen molar-refractivity contribution >= 4 is 0 Å². The second kappa shape index (κ2) is 7.38. The van der Waals surface area contributed by atoms with Crippen LogP contribution >= 0.6 is 0 Å². The molecule has 16 heavy (non-hydrogen) atoms. The van der Waals surface area contributed by atoms with Crippen LogP contribution in [0.2, 0.25) is 0 Å². The van der Waals surface area contributed by atoms with Crippen LogP contribution in [0.25, 0.3) is 0 Å². The molecule has 0 atom stereocenters. The highest BCUT2D eigenvalue weighted by molar-refractivity contribution is 5.04. The van der Waals surface area contributed by atoms with E-state index < -0.39 is 0 Å². The van der Waals surface area contributed by atoms with E-state index in [4.69, 9.17) is 14.3 Å². The Morgan fingerprint density at radius 3 is 2.81 bits per heavy atom. The van der Waals surface area contributed by atoms with Crippen molar-refractivity contribution in [3.63, 3.8) is 0 Å². The van der Waals surface area contributed by atoms with Gasteiger partial charge in [0.05, 0.1) is 25.5 Å². The molecule has 0 radical (unpaired) electrons. The van der Waals surface area contributed by atoms with E-state index in [1.807, 2.05) is 13.8 Å². The molecule has 0 saturated carbocycles. The molecule has 0 aromatic carbocycles. The lowest BCUT2D eigenvalue weighted by Crippen LogP contribution is -2.17. The molecule has 0 aliphatic heterocycles. The predicted octanol–water partition coefficient (Wildman–Crippen LogP) is 0.780. The summed E-state index contributed by atoms with van der Waals surface area (Å²) in [6, 6.07) is 0. The van der Waals surface area contributed by atoms with Crippen LogP contribution in [0.15, 0.2) is 4.42 Å². The van der Waals surface area contributed by atoms with Crippen LogP contribution in [0.5, 0.6) is 0 Å². The van der Waals surface area contributed by atoms with Crippen molar-refractivity contribution < 1.29 is 14.3 Å². The highest BCUT2D eigenvalue weighted by Crippen LogP contribution is 2.07. The molecule has 1 rings (SSSR count). The lowest BCUT2D eigenvalue weighted by atomic mass is 10.4. The number of hydrogen-bond acceptors (Lipinski definition) is 5. The number of aromatic nitrogens is 1. The summed E-state index contributed by atoms with van der Waals surface area (Å²) in [6.07, 6.45) is 0.915. The van der Waals surface area contributed by atoms with Gasteiger partial charge in [0, 0.05) is 6.61 Å². The molecular weight excluding hydrogens is 208 g/mol. The molecule has 0 spiro atoms. The van der Waals surface area contributed by atoms with Gasteiger partial charge in [-0.15, -0.1) is 0 Å². The number of rotatable bonds is 8. The molecule has 2 N–H and O–H groups in total. The van der Waals surface area contributed by atoms with Gasteiger partial charge in [0.15, 0.2) is 0 Å². The summed E-state index contributed by atoms with van der Waals surface area (Å²) in [6.45, 7) is 6.51. The van der Waals surface area contributed by atoms with Crippen LogP contribution < -0.4 is 5.32 Å². The zero-order valence-corrected chi connectivity index (χ0v) is 9.95. The first-order valence-electron chi connectivity index (χ1n) is 5.56. The van der Waals surface area contributed by atoms with E-state index in [1.165, 1.54) is 0 Å². The molecule has 92 valence electrons. The Hall–Kier alpha value is -0.910. The van der Waals surface area contributed by atoms with E-state index in [9.17, 15) is 0 Å². The topological polar surface area (TPSA) is 67.5 Å². The minimum Gasteiger partial charge on any atom is -0.444 e. The lowest BCUT2D eigenvalue weighted by Gasteiger charge is -2.02.